The molecule has 142 valence electrons. The van der Waals surface area contributed by atoms with E-state index in [1.165, 1.54) is 24.3 Å². The highest BCUT2D eigenvalue weighted by Gasteiger charge is 2.10. The highest BCUT2D eigenvalue weighted by atomic mass is 19.2. The normalized spacial score (nSPS) is 12.0. The molecule has 2 aromatic carbocycles. The van der Waals surface area contributed by atoms with Gasteiger partial charge in [0.1, 0.15) is 5.75 Å². The Labute approximate surface area is 161 Å². The molecule has 1 atom stereocenters. The minimum absolute atomic E-state index is 0.00793. The Hall–Kier alpha value is -3.54. The lowest BCUT2D eigenvalue weighted by molar-refractivity contribution is -0.117. The average Bonchev–Trinajstić information content (AvgIpc) is 2.70. The lowest BCUT2D eigenvalue weighted by atomic mass is 10.1. The van der Waals surface area contributed by atoms with Crippen molar-refractivity contribution in [3.8, 4) is 11.6 Å². The molecule has 6 heteroatoms. The second-order valence-electron chi connectivity index (χ2n) is 6.05. The van der Waals surface area contributed by atoms with E-state index in [2.05, 4.69) is 10.3 Å². The van der Waals surface area contributed by atoms with Crippen LogP contribution in [0.4, 0.5) is 8.78 Å². The van der Waals surface area contributed by atoms with E-state index in [9.17, 15) is 13.6 Å². The van der Waals surface area contributed by atoms with E-state index in [1.807, 2.05) is 25.1 Å². The quantitative estimate of drug-likeness (QED) is 0.610. The molecule has 0 bridgehead atoms. The van der Waals surface area contributed by atoms with Gasteiger partial charge in [0, 0.05) is 23.9 Å². The summed E-state index contributed by atoms with van der Waals surface area (Å²) in [5.74, 6) is -1.31. The van der Waals surface area contributed by atoms with E-state index >= 15 is 0 Å². The topological polar surface area (TPSA) is 51.2 Å². The summed E-state index contributed by atoms with van der Waals surface area (Å²) in [6, 6.07) is 16.1. The minimum atomic E-state index is -0.987. The number of carbonyl (C=O) groups excluding carboxylic acids is 1. The first-order chi connectivity index (χ1) is 13.5. The number of benzene rings is 2. The lowest BCUT2D eigenvalue weighted by Crippen LogP contribution is -2.24. The van der Waals surface area contributed by atoms with Crippen molar-refractivity contribution in [1.82, 2.24) is 10.3 Å². The van der Waals surface area contributed by atoms with Gasteiger partial charge in [0.05, 0.1) is 6.04 Å². The Kier molecular flexibility index (Phi) is 6.11. The van der Waals surface area contributed by atoms with Gasteiger partial charge in [0.25, 0.3) is 0 Å². The summed E-state index contributed by atoms with van der Waals surface area (Å²) in [5.41, 5.74) is 0.834. The van der Waals surface area contributed by atoms with Gasteiger partial charge in [0.2, 0.25) is 11.8 Å². The van der Waals surface area contributed by atoms with Crippen molar-refractivity contribution in [3.05, 3.63) is 95.7 Å². The van der Waals surface area contributed by atoms with Gasteiger partial charge in [-0.2, -0.15) is 0 Å². The number of aromatic nitrogens is 1. The Morgan fingerprint density at radius 3 is 2.71 bits per heavy atom. The molecule has 0 aliphatic rings. The summed E-state index contributed by atoms with van der Waals surface area (Å²) < 4.78 is 32.5. The maximum Gasteiger partial charge on any atom is 0.244 e. The summed E-state index contributed by atoms with van der Waals surface area (Å²) in [5, 5.41) is 2.78. The monoisotopic (exact) mass is 380 g/mol. The number of nitrogens with zero attached hydrogens (tertiary/aromatic N) is 1. The fourth-order valence-electron chi connectivity index (χ4n) is 2.54. The first-order valence-electron chi connectivity index (χ1n) is 8.64. The number of carbonyl (C=O) groups is 1. The third-order valence-corrected chi connectivity index (χ3v) is 3.97. The minimum Gasteiger partial charge on any atom is -0.439 e. The zero-order chi connectivity index (χ0) is 19.9. The fraction of sp³-hybridized carbons (Fsp3) is 0.0909. The van der Waals surface area contributed by atoms with E-state index in [4.69, 9.17) is 4.74 Å². The summed E-state index contributed by atoms with van der Waals surface area (Å²) in [7, 11) is 0. The van der Waals surface area contributed by atoms with Gasteiger partial charge in [-0.05, 0) is 42.8 Å². The van der Waals surface area contributed by atoms with Crippen LogP contribution in [0.3, 0.4) is 0 Å². The molecule has 1 amide bonds. The van der Waals surface area contributed by atoms with E-state index in [0.29, 0.717) is 11.6 Å². The molecule has 0 aliphatic carbocycles. The number of ether oxygens (including phenoxy) is 1. The maximum atomic E-state index is 13.6. The molecule has 1 aromatic heterocycles. The van der Waals surface area contributed by atoms with Crippen molar-refractivity contribution in [2.75, 3.05) is 0 Å². The first-order valence-corrected chi connectivity index (χ1v) is 8.64. The van der Waals surface area contributed by atoms with Gasteiger partial charge in [-0.3, -0.25) is 4.79 Å². The van der Waals surface area contributed by atoms with E-state index in [-0.39, 0.29) is 11.6 Å². The third kappa shape index (κ3) is 5.01. The Morgan fingerprint density at radius 2 is 1.93 bits per heavy atom. The molecule has 0 aliphatic heterocycles. The van der Waals surface area contributed by atoms with Crippen LogP contribution in [0.5, 0.6) is 11.6 Å². The van der Waals surface area contributed by atoms with Crippen molar-refractivity contribution in [3.63, 3.8) is 0 Å². The second kappa shape index (κ2) is 8.90. The number of halogens is 2. The van der Waals surface area contributed by atoms with Crippen molar-refractivity contribution < 1.29 is 18.3 Å². The average molecular weight is 380 g/mol. The van der Waals surface area contributed by atoms with Gasteiger partial charge < -0.3 is 10.1 Å². The highest BCUT2D eigenvalue weighted by molar-refractivity contribution is 5.92. The van der Waals surface area contributed by atoms with Crippen LogP contribution in [-0.2, 0) is 4.79 Å². The zero-order valence-corrected chi connectivity index (χ0v) is 15.1. The molecule has 3 aromatic rings. The van der Waals surface area contributed by atoms with Crippen LogP contribution < -0.4 is 10.1 Å². The summed E-state index contributed by atoms with van der Waals surface area (Å²) in [6.45, 7) is 1.81. The van der Waals surface area contributed by atoms with Crippen LogP contribution in [-0.4, -0.2) is 10.9 Å². The van der Waals surface area contributed by atoms with E-state index in [0.717, 1.165) is 11.6 Å². The van der Waals surface area contributed by atoms with Gasteiger partial charge >= 0.3 is 0 Å². The third-order valence-electron chi connectivity index (χ3n) is 3.97. The number of hydrogen-bond donors (Lipinski definition) is 1. The molecule has 3 rings (SSSR count). The predicted octanol–water partition coefficient (Wildman–Crippen LogP) is 5.04. The van der Waals surface area contributed by atoms with Crippen molar-refractivity contribution in [2.24, 2.45) is 0 Å². The first kappa shape index (κ1) is 19.2. The van der Waals surface area contributed by atoms with Crippen LogP contribution in [0.1, 0.15) is 24.1 Å². The lowest BCUT2D eigenvalue weighted by Gasteiger charge is -2.14. The van der Waals surface area contributed by atoms with Crippen LogP contribution in [0, 0.1) is 11.6 Å². The van der Waals surface area contributed by atoms with Crippen molar-refractivity contribution in [2.45, 2.75) is 13.0 Å². The predicted molar refractivity (Wildman–Crippen MR) is 103 cm³/mol. The molecule has 4 nitrogen and oxygen atoms in total. The van der Waals surface area contributed by atoms with Gasteiger partial charge in [-0.25, -0.2) is 13.8 Å². The SMILES string of the molecule is C[C@H](NC(=O)/C=C/c1cccc(F)c1F)c1cccc(Oc2ccccn2)c1. The number of rotatable bonds is 6. The largest absolute Gasteiger partial charge is 0.439 e. The van der Waals surface area contributed by atoms with Crippen LogP contribution in [0.2, 0.25) is 0 Å². The Bertz CT molecular complexity index is 991. The second-order valence-corrected chi connectivity index (χ2v) is 6.05. The maximum absolute atomic E-state index is 13.6. The highest BCUT2D eigenvalue weighted by Crippen LogP contribution is 2.23. The zero-order valence-electron chi connectivity index (χ0n) is 15.1. The number of hydrogen-bond acceptors (Lipinski definition) is 3. The summed E-state index contributed by atoms with van der Waals surface area (Å²) in [4.78, 5) is 16.2. The molecule has 0 saturated carbocycles. The molecule has 28 heavy (non-hydrogen) atoms. The smallest absolute Gasteiger partial charge is 0.244 e. The molecule has 0 unspecified atom stereocenters. The van der Waals surface area contributed by atoms with Crippen LogP contribution in [0.25, 0.3) is 6.08 Å². The van der Waals surface area contributed by atoms with Gasteiger partial charge in [-0.1, -0.05) is 30.3 Å². The van der Waals surface area contributed by atoms with Crippen molar-refractivity contribution in [1.29, 1.82) is 0 Å². The molecule has 1 heterocycles. The van der Waals surface area contributed by atoms with E-state index < -0.39 is 17.5 Å². The molecule has 0 spiro atoms. The van der Waals surface area contributed by atoms with Crippen molar-refractivity contribution >= 4 is 12.0 Å². The molecule has 0 radical (unpaired) electrons. The number of nitrogens with one attached hydrogen (secondary N) is 1. The summed E-state index contributed by atoms with van der Waals surface area (Å²) in [6.07, 6.45) is 4.04. The van der Waals surface area contributed by atoms with Gasteiger partial charge in [-0.15, -0.1) is 0 Å². The number of pyridine rings is 1. The molecular weight excluding hydrogens is 362 g/mol. The van der Waals surface area contributed by atoms with Crippen LogP contribution >= 0.6 is 0 Å². The Balaban J connectivity index is 1.64. The van der Waals surface area contributed by atoms with Gasteiger partial charge in [0.15, 0.2) is 11.6 Å². The molecule has 0 saturated heterocycles. The number of amides is 1. The Morgan fingerprint density at radius 1 is 1.11 bits per heavy atom. The van der Waals surface area contributed by atoms with E-state index in [1.54, 1.807) is 30.5 Å². The summed E-state index contributed by atoms with van der Waals surface area (Å²) >= 11 is 0. The van der Waals surface area contributed by atoms with Crippen LogP contribution in [0.15, 0.2) is 72.9 Å². The molecular formula is C22H18F2N2O2. The molecule has 0 fully saturated rings. The fourth-order valence-corrected chi connectivity index (χ4v) is 2.54. The standard InChI is InChI=1S/C22H18F2N2O2/c1-15(26-20(27)12-11-16-6-5-9-19(23)22(16)24)17-7-4-8-18(14-17)28-21-10-2-3-13-25-21/h2-15H,1H3,(H,26,27)/b12-11+/t15-/m0/s1. The molecule has 1 N–H and O–H groups in total.